The molecule has 3 rings (SSSR count). The van der Waals surface area contributed by atoms with E-state index in [0.717, 1.165) is 10.8 Å². The van der Waals surface area contributed by atoms with Crippen molar-refractivity contribution in [1.29, 1.82) is 0 Å². The molecule has 28 heavy (non-hydrogen) atoms. The van der Waals surface area contributed by atoms with Gasteiger partial charge in [-0.05, 0) is 29.0 Å². The zero-order chi connectivity index (χ0) is 20.1. The molecule has 0 unspecified atom stereocenters. The normalized spacial score (nSPS) is 11.5. The van der Waals surface area contributed by atoms with Crippen molar-refractivity contribution in [2.45, 2.75) is 4.90 Å². The second-order valence-corrected chi connectivity index (χ2v) is 7.40. The summed E-state index contributed by atoms with van der Waals surface area (Å²) in [4.78, 5) is 2.14. The van der Waals surface area contributed by atoms with Gasteiger partial charge in [0.15, 0.2) is 0 Å². The van der Waals surface area contributed by atoms with Gasteiger partial charge in [0.1, 0.15) is 22.1 Å². The topological polar surface area (TPSA) is 86.2 Å². The van der Waals surface area contributed by atoms with Crippen LogP contribution in [0.2, 0.25) is 0 Å². The van der Waals surface area contributed by atoms with E-state index in [-0.39, 0.29) is 10.6 Å². The lowest BCUT2D eigenvalue weighted by Gasteiger charge is -2.11. The van der Waals surface area contributed by atoms with E-state index < -0.39 is 10.0 Å². The molecule has 1 N–H and O–H groups in total. The van der Waals surface area contributed by atoms with Gasteiger partial charge in [-0.25, -0.2) is 0 Å². The number of methoxy groups -OCH3 is 3. The SMILES string of the molecule is COc1ccc(OC)c(S(=O)(=O)N/N=C/c2c(OC)ccc3ccccc23)c1. The third-order valence-corrected chi connectivity index (χ3v) is 5.42. The smallest absolute Gasteiger partial charge is 0.280 e. The highest BCUT2D eigenvalue weighted by atomic mass is 32.2. The van der Waals surface area contributed by atoms with Crippen LogP contribution in [0.5, 0.6) is 17.2 Å². The van der Waals surface area contributed by atoms with Gasteiger partial charge in [0.25, 0.3) is 10.0 Å². The van der Waals surface area contributed by atoms with E-state index in [1.807, 2.05) is 36.4 Å². The van der Waals surface area contributed by atoms with Crippen molar-refractivity contribution >= 4 is 27.0 Å². The van der Waals surface area contributed by atoms with Crippen LogP contribution in [0.3, 0.4) is 0 Å². The van der Waals surface area contributed by atoms with Crippen LogP contribution in [0.25, 0.3) is 10.8 Å². The number of nitrogens with zero attached hydrogens (tertiary/aromatic N) is 1. The van der Waals surface area contributed by atoms with Crippen molar-refractivity contribution in [3.05, 3.63) is 60.2 Å². The first-order valence-electron chi connectivity index (χ1n) is 8.33. The van der Waals surface area contributed by atoms with Crippen LogP contribution < -0.4 is 19.0 Å². The first kappa shape index (κ1) is 19.5. The molecule has 0 spiro atoms. The molecule has 0 saturated carbocycles. The summed E-state index contributed by atoms with van der Waals surface area (Å²) in [6, 6.07) is 15.9. The largest absolute Gasteiger partial charge is 0.497 e. The van der Waals surface area contributed by atoms with E-state index in [0.29, 0.717) is 17.1 Å². The maximum atomic E-state index is 12.7. The molecule has 0 aliphatic rings. The molecule has 0 heterocycles. The molecule has 3 aromatic rings. The second-order valence-electron chi connectivity index (χ2n) is 5.77. The van der Waals surface area contributed by atoms with Crippen LogP contribution in [0.1, 0.15) is 5.56 Å². The van der Waals surface area contributed by atoms with Gasteiger partial charge in [-0.1, -0.05) is 30.3 Å². The highest BCUT2D eigenvalue weighted by Gasteiger charge is 2.20. The highest BCUT2D eigenvalue weighted by Crippen LogP contribution is 2.29. The molecule has 0 bridgehead atoms. The van der Waals surface area contributed by atoms with E-state index in [9.17, 15) is 8.42 Å². The van der Waals surface area contributed by atoms with E-state index in [1.54, 1.807) is 13.2 Å². The summed E-state index contributed by atoms with van der Waals surface area (Å²) < 4.78 is 41.0. The first-order chi connectivity index (χ1) is 13.5. The average molecular weight is 400 g/mol. The Labute approximate surface area is 163 Å². The third kappa shape index (κ3) is 3.86. The minimum atomic E-state index is -3.97. The Balaban J connectivity index is 1.96. The van der Waals surface area contributed by atoms with E-state index in [1.165, 1.54) is 32.6 Å². The van der Waals surface area contributed by atoms with E-state index >= 15 is 0 Å². The summed E-state index contributed by atoms with van der Waals surface area (Å²) in [5, 5.41) is 5.82. The molecule has 0 aromatic heterocycles. The number of benzene rings is 3. The molecule has 7 nitrogen and oxygen atoms in total. The fraction of sp³-hybridized carbons (Fsp3) is 0.150. The van der Waals surface area contributed by atoms with Gasteiger partial charge in [0.2, 0.25) is 0 Å². The van der Waals surface area contributed by atoms with Crippen LogP contribution in [0, 0.1) is 0 Å². The lowest BCUT2D eigenvalue weighted by atomic mass is 10.0. The van der Waals surface area contributed by atoms with Crippen molar-refractivity contribution < 1.29 is 22.6 Å². The number of nitrogens with one attached hydrogen (secondary N) is 1. The Morgan fingerprint density at radius 3 is 2.32 bits per heavy atom. The van der Waals surface area contributed by atoms with E-state index in [4.69, 9.17) is 14.2 Å². The zero-order valence-electron chi connectivity index (χ0n) is 15.7. The predicted molar refractivity (Wildman–Crippen MR) is 108 cm³/mol. The van der Waals surface area contributed by atoms with Gasteiger partial charge < -0.3 is 14.2 Å². The number of hydrogen-bond donors (Lipinski definition) is 1. The molecule has 3 aromatic carbocycles. The Morgan fingerprint density at radius 1 is 0.893 bits per heavy atom. The van der Waals surface area contributed by atoms with Crippen molar-refractivity contribution in [2.24, 2.45) is 5.10 Å². The third-order valence-electron chi connectivity index (χ3n) is 4.18. The summed E-state index contributed by atoms with van der Waals surface area (Å²) in [5.74, 6) is 1.16. The standard InChI is InChI=1S/C20H20N2O5S/c1-25-15-9-11-19(27-3)20(12-15)28(23,24)22-21-13-17-16-7-5-4-6-14(16)8-10-18(17)26-2/h4-13,22H,1-3H3/b21-13+. The highest BCUT2D eigenvalue weighted by molar-refractivity contribution is 7.89. The molecule has 0 aliphatic heterocycles. The number of hydrazone groups is 1. The fourth-order valence-electron chi connectivity index (χ4n) is 2.79. The first-order valence-corrected chi connectivity index (χ1v) is 9.81. The summed E-state index contributed by atoms with van der Waals surface area (Å²) in [6.07, 6.45) is 1.42. The Morgan fingerprint density at radius 2 is 1.61 bits per heavy atom. The summed E-state index contributed by atoms with van der Waals surface area (Å²) in [5.41, 5.74) is 0.668. The minimum absolute atomic E-state index is 0.0728. The Hall–Kier alpha value is -3.26. The molecule has 0 radical (unpaired) electrons. The Kier molecular flexibility index (Phi) is 5.70. The number of ether oxygens (including phenoxy) is 3. The van der Waals surface area contributed by atoms with Crippen LogP contribution in [0.15, 0.2) is 64.6 Å². The van der Waals surface area contributed by atoms with Crippen LogP contribution in [0.4, 0.5) is 0 Å². The van der Waals surface area contributed by atoms with Crippen molar-refractivity contribution in [3.63, 3.8) is 0 Å². The monoisotopic (exact) mass is 400 g/mol. The molecule has 8 heteroatoms. The lowest BCUT2D eigenvalue weighted by molar-refractivity contribution is 0.392. The fourth-order valence-corrected chi connectivity index (χ4v) is 3.77. The maximum absolute atomic E-state index is 12.7. The van der Waals surface area contributed by atoms with Gasteiger partial charge in [0, 0.05) is 11.6 Å². The van der Waals surface area contributed by atoms with Crippen molar-refractivity contribution in [1.82, 2.24) is 4.83 Å². The number of hydrogen-bond acceptors (Lipinski definition) is 6. The molecular formula is C20H20N2O5S. The van der Waals surface area contributed by atoms with Crippen molar-refractivity contribution in [3.8, 4) is 17.2 Å². The summed E-state index contributed by atoms with van der Waals surface area (Å²) in [7, 11) is 0.425. The summed E-state index contributed by atoms with van der Waals surface area (Å²) >= 11 is 0. The average Bonchev–Trinajstić information content (AvgIpc) is 2.73. The predicted octanol–water partition coefficient (Wildman–Crippen LogP) is 3.18. The Bertz CT molecular complexity index is 1130. The van der Waals surface area contributed by atoms with Crippen LogP contribution in [-0.4, -0.2) is 36.0 Å². The molecule has 0 aliphatic carbocycles. The van der Waals surface area contributed by atoms with Gasteiger partial charge in [-0.2, -0.15) is 18.4 Å². The molecule has 0 saturated heterocycles. The van der Waals surface area contributed by atoms with Gasteiger partial charge in [0.05, 0.1) is 27.5 Å². The number of rotatable bonds is 7. The zero-order valence-corrected chi connectivity index (χ0v) is 16.5. The molecule has 0 atom stereocenters. The number of fused-ring (bicyclic) bond motifs is 1. The maximum Gasteiger partial charge on any atom is 0.280 e. The van der Waals surface area contributed by atoms with E-state index in [2.05, 4.69) is 9.93 Å². The minimum Gasteiger partial charge on any atom is -0.497 e. The molecular weight excluding hydrogens is 380 g/mol. The van der Waals surface area contributed by atoms with Gasteiger partial charge in [-0.15, -0.1) is 0 Å². The van der Waals surface area contributed by atoms with Crippen LogP contribution in [-0.2, 0) is 10.0 Å². The summed E-state index contributed by atoms with van der Waals surface area (Å²) in [6.45, 7) is 0. The molecule has 0 amide bonds. The second kappa shape index (κ2) is 8.18. The van der Waals surface area contributed by atoms with Crippen LogP contribution >= 0.6 is 0 Å². The van der Waals surface area contributed by atoms with Gasteiger partial charge >= 0.3 is 0 Å². The lowest BCUT2D eigenvalue weighted by Crippen LogP contribution is -2.19. The molecule has 146 valence electrons. The quantitative estimate of drug-likeness (QED) is 0.486. The molecule has 0 fully saturated rings. The van der Waals surface area contributed by atoms with Crippen molar-refractivity contribution in [2.75, 3.05) is 21.3 Å². The number of sulfonamides is 1. The van der Waals surface area contributed by atoms with Gasteiger partial charge in [-0.3, -0.25) is 0 Å².